The van der Waals surface area contributed by atoms with Crippen molar-refractivity contribution < 1.29 is 37.2 Å². The van der Waals surface area contributed by atoms with E-state index < -0.39 is 35.6 Å². The highest BCUT2D eigenvalue weighted by Gasteiger charge is 2.77. The maximum atomic E-state index is 13.3. The summed E-state index contributed by atoms with van der Waals surface area (Å²) in [4.78, 5) is 23.7. The van der Waals surface area contributed by atoms with Gasteiger partial charge >= 0.3 is 12.1 Å². The van der Waals surface area contributed by atoms with Crippen LogP contribution in [-0.2, 0) is 25.1 Å². The first-order valence-corrected chi connectivity index (χ1v) is 11.3. The lowest BCUT2D eigenvalue weighted by molar-refractivity contribution is -0.650. The molecule has 8 heteroatoms. The van der Waals surface area contributed by atoms with Crippen molar-refractivity contribution in [2.45, 2.75) is 70.4 Å². The zero-order valence-corrected chi connectivity index (χ0v) is 18.5. The van der Waals surface area contributed by atoms with Crippen LogP contribution in [0.3, 0.4) is 0 Å². The van der Waals surface area contributed by atoms with Gasteiger partial charge in [0.05, 0.1) is 5.41 Å². The third-order valence-electron chi connectivity index (χ3n) is 7.64. The maximum Gasteiger partial charge on any atom is 0.411 e. The lowest BCUT2D eigenvalue weighted by atomic mass is 9.47. The number of esters is 1. The van der Waals surface area contributed by atoms with Gasteiger partial charge in [-0.2, -0.15) is 18.1 Å². The molecule has 4 bridgehead atoms. The Morgan fingerprint density at radius 1 is 1.03 bits per heavy atom. The SMILES string of the molecule is CC(C)(C)C(=O)Oc1cccc(C2(OCC(F)(F)F)OOC23C2CC4CC(C2)CC3C4)c1. The number of carbonyl (C=O) groups excluding carboxylic acids is 1. The predicted molar refractivity (Wildman–Crippen MR) is 107 cm³/mol. The van der Waals surface area contributed by atoms with Crippen LogP contribution in [0.15, 0.2) is 24.3 Å². The molecule has 1 aliphatic heterocycles. The minimum atomic E-state index is -4.52. The number of rotatable bonds is 4. The number of carbonyl (C=O) groups is 1. The molecule has 5 fully saturated rings. The Morgan fingerprint density at radius 3 is 2.16 bits per heavy atom. The molecule has 6 rings (SSSR count). The predicted octanol–water partition coefficient (Wildman–Crippen LogP) is 5.53. The average molecular weight is 454 g/mol. The molecular weight excluding hydrogens is 425 g/mol. The van der Waals surface area contributed by atoms with Crippen molar-refractivity contribution in [1.29, 1.82) is 0 Å². The van der Waals surface area contributed by atoms with E-state index in [0.29, 0.717) is 17.4 Å². The van der Waals surface area contributed by atoms with Crippen LogP contribution in [0.25, 0.3) is 0 Å². The van der Waals surface area contributed by atoms with Gasteiger partial charge < -0.3 is 9.47 Å². The molecule has 0 aromatic heterocycles. The molecule has 4 aliphatic carbocycles. The van der Waals surface area contributed by atoms with Gasteiger partial charge in [0.2, 0.25) is 0 Å². The molecule has 1 atom stereocenters. The third-order valence-corrected chi connectivity index (χ3v) is 7.64. The molecule has 1 unspecified atom stereocenters. The molecule has 1 saturated heterocycles. The van der Waals surface area contributed by atoms with Crippen LogP contribution in [0.1, 0.15) is 58.4 Å². The van der Waals surface area contributed by atoms with Gasteiger partial charge in [-0.25, -0.2) is 4.89 Å². The molecule has 0 radical (unpaired) electrons. The van der Waals surface area contributed by atoms with E-state index in [1.165, 1.54) is 6.42 Å². The van der Waals surface area contributed by atoms with Crippen LogP contribution in [0.5, 0.6) is 5.75 Å². The van der Waals surface area contributed by atoms with Gasteiger partial charge in [0.1, 0.15) is 12.4 Å². The van der Waals surface area contributed by atoms with Gasteiger partial charge in [-0.05, 0) is 88.7 Å². The molecule has 176 valence electrons. The average Bonchev–Trinajstić information content (AvgIpc) is 2.65. The van der Waals surface area contributed by atoms with Crippen molar-refractivity contribution in [2.24, 2.45) is 29.1 Å². The first-order chi connectivity index (χ1) is 14.9. The van der Waals surface area contributed by atoms with E-state index in [4.69, 9.17) is 19.2 Å². The molecule has 1 spiro atoms. The molecular formula is C24H29F3O5. The fourth-order valence-electron chi connectivity index (χ4n) is 6.47. The fraction of sp³-hybridized carbons (Fsp3) is 0.708. The van der Waals surface area contributed by atoms with Crippen molar-refractivity contribution in [3.05, 3.63) is 29.8 Å². The Bertz CT molecular complexity index is 878. The molecule has 1 aromatic carbocycles. The first kappa shape index (κ1) is 22.2. The van der Waals surface area contributed by atoms with Gasteiger partial charge in [-0.15, -0.1) is 0 Å². The van der Waals surface area contributed by atoms with Gasteiger partial charge in [-0.3, -0.25) is 4.79 Å². The minimum Gasteiger partial charge on any atom is -0.426 e. The van der Waals surface area contributed by atoms with E-state index in [1.54, 1.807) is 45.0 Å². The third kappa shape index (κ3) is 3.37. The van der Waals surface area contributed by atoms with Crippen LogP contribution >= 0.6 is 0 Å². The van der Waals surface area contributed by atoms with Crippen LogP contribution in [0.2, 0.25) is 0 Å². The van der Waals surface area contributed by atoms with Crippen LogP contribution in [0, 0.1) is 29.1 Å². The zero-order chi connectivity index (χ0) is 22.9. The summed E-state index contributed by atoms with van der Waals surface area (Å²) in [6, 6.07) is 6.47. The number of ether oxygens (including phenoxy) is 2. The first-order valence-electron chi connectivity index (χ1n) is 11.3. The van der Waals surface area contributed by atoms with E-state index >= 15 is 0 Å². The monoisotopic (exact) mass is 454 g/mol. The second kappa shape index (κ2) is 7.18. The topological polar surface area (TPSA) is 54.0 Å². The van der Waals surface area contributed by atoms with E-state index in [-0.39, 0.29) is 17.6 Å². The Morgan fingerprint density at radius 2 is 1.66 bits per heavy atom. The maximum absolute atomic E-state index is 13.3. The van der Waals surface area contributed by atoms with Gasteiger partial charge in [0.25, 0.3) is 5.79 Å². The van der Waals surface area contributed by atoms with Crippen LogP contribution < -0.4 is 4.74 Å². The summed E-state index contributed by atoms with van der Waals surface area (Å²) in [6.07, 6.45) is 0.310. The van der Waals surface area contributed by atoms with Crippen molar-refractivity contribution in [3.63, 3.8) is 0 Å². The summed E-state index contributed by atoms with van der Waals surface area (Å²) in [7, 11) is 0. The quantitative estimate of drug-likeness (QED) is 0.340. The van der Waals surface area contributed by atoms with Crippen LogP contribution in [-0.4, -0.2) is 24.4 Å². The second-order valence-electron chi connectivity index (χ2n) is 11.0. The fourth-order valence-corrected chi connectivity index (χ4v) is 6.47. The minimum absolute atomic E-state index is 0.0708. The lowest BCUT2D eigenvalue weighted by Gasteiger charge is -2.68. The van der Waals surface area contributed by atoms with E-state index in [1.807, 2.05) is 0 Å². The van der Waals surface area contributed by atoms with Gasteiger partial charge in [0.15, 0.2) is 5.60 Å². The van der Waals surface area contributed by atoms with Crippen molar-refractivity contribution >= 4 is 5.97 Å². The number of benzene rings is 1. The van der Waals surface area contributed by atoms with Crippen molar-refractivity contribution in [2.75, 3.05) is 6.61 Å². The Labute approximate surface area is 185 Å². The summed E-state index contributed by atoms with van der Waals surface area (Å²) in [5, 5.41) is 0. The Kier molecular flexibility index (Phi) is 4.97. The van der Waals surface area contributed by atoms with E-state index in [9.17, 15) is 18.0 Å². The van der Waals surface area contributed by atoms with Crippen molar-refractivity contribution in [1.82, 2.24) is 0 Å². The Balaban J connectivity index is 1.53. The summed E-state index contributed by atoms with van der Waals surface area (Å²) >= 11 is 0. The molecule has 5 nitrogen and oxygen atoms in total. The molecule has 1 aromatic rings. The summed E-state index contributed by atoms with van der Waals surface area (Å²) in [5.74, 6) is -0.557. The number of halogens is 3. The highest BCUT2D eigenvalue weighted by Crippen LogP contribution is 2.69. The number of hydrogen-bond donors (Lipinski definition) is 0. The zero-order valence-electron chi connectivity index (χ0n) is 18.5. The smallest absolute Gasteiger partial charge is 0.411 e. The van der Waals surface area contributed by atoms with Crippen molar-refractivity contribution in [3.8, 4) is 5.75 Å². The highest BCUT2D eigenvalue weighted by molar-refractivity contribution is 5.77. The summed E-state index contributed by atoms with van der Waals surface area (Å²) in [6.45, 7) is 3.76. The van der Waals surface area contributed by atoms with E-state index in [2.05, 4.69) is 0 Å². The molecule has 0 amide bonds. The molecule has 0 N–H and O–H groups in total. The molecule has 1 heterocycles. The van der Waals surface area contributed by atoms with Crippen LogP contribution in [0.4, 0.5) is 13.2 Å². The number of alkyl halides is 3. The largest absolute Gasteiger partial charge is 0.426 e. The lowest BCUT2D eigenvalue weighted by Crippen LogP contribution is -2.77. The molecule has 32 heavy (non-hydrogen) atoms. The van der Waals surface area contributed by atoms with Gasteiger partial charge in [0, 0.05) is 5.56 Å². The van der Waals surface area contributed by atoms with Gasteiger partial charge in [-0.1, -0.05) is 12.1 Å². The molecule has 4 saturated carbocycles. The summed E-state index contributed by atoms with van der Waals surface area (Å²) < 4.78 is 50.9. The second-order valence-corrected chi connectivity index (χ2v) is 11.0. The Hall–Kier alpha value is -1.64. The highest BCUT2D eigenvalue weighted by atomic mass is 19.4. The standard InChI is InChI=1S/C24H29F3O5/c1-21(2,3)20(28)30-19-6-4-5-16(12-19)24(29-13-22(25,26)27)23(31-32-24)17-8-14-7-15(10-17)11-18(23)9-14/h4-6,12,14-15,17-18H,7-11,13H2,1-3H3. The molecule has 5 aliphatic rings. The summed E-state index contributed by atoms with van der Waals surface area (Å²) in [5.41, 5.74) is -1.29. The van der Waals surface area contributed by atoms with E-state index in [0.717, 1.165) is 25.7 Å². The normalized spacial score (nSPS) is 38.1. The number of hydrogen-bond acceptors (Lipinski definition) is 5.